The number of aromatic nitrogens is 2. The van der Waals surface area contributed by atoms with Crippen LogP contribution in [0.4, 0.5) is 5.69 Å². The number of anilines is 1. The third kappa shape index (κ3) is 7.07. The van der Waals surface area contributed by atoms with Crippen LogP contribution >= 0.6 is 0 Å². The summed E-state index contributed by atoms with van der Waals surface area (Å²) in [5.74, 6) is -8.16. The first kappa shape index (κ1) is 42.1. The van der Waals surface area contributed by atoms with Crippen molar-refractivity contribution in [3.8, 4) is 17.2 Å². The van der Waals surface area contributed by atoms with E-state index in [2.05, 4.69) is 9.97 Å². The first-order valence-electron chi connectivity index (χ1n) is 20.3. The zero-order chi connectivity index (χ0) is 43.3. The molecule has 0 spiro atoms. The van der Waals surface area contributed by atoms with E-state index in [0.717, 1.165) is 41.5 Å². The van der Waals surface area contributed by atoms with Crippen molar-refractivity contribution in [2.45, 2.75) is 92.2 Å². The Morgan fingerprint density at radius 3 is 2.38 bits per heavy atom. The van der Waals surface area contributed by atoms with Gasteiger partial charge in [0.1, 0.15) is 24.1 Å². The van der Waals surface area contributed by atoms with Crippen molar-refractivity contribution >= 4 is 23.6 Å². The number of imidazole rings is 1. The van der Waals surface area contributed by atoms with Gasteiger partial charge in [0, 0.05) is 54.0 Å². The Bertz CT molecular complexity index is 2330. The number of carboxylic acids is 1. The van der Waals surface area contributed by atoms with Gasteiger partial charge in [-0.2, -0.15) is 0 Å². The second-order valence-corrected chi connectivity index (χ2v) is 16.4. The van der Waals surface area contributed by atoms with Gasteiger partial charge in [-0.15, -0.1) is 0 Å². The van der Waals surface area contributed by atoms with Crippen LogP contribution in [0.5, 0.6) is 17.2 Å². The van der Waals surface area contributed by atoms with Crippen LogP contribution in [-0.2, 0) is 26.2 Å². The van der Waals surface area contributed by atoms with Crippen molar-refractivity contribution in [1.29, 1.82) is 0 Å². The summed E-state index contributed by atoms with van der Waals surface area (Å²) in [6.07, 6.45) is 3.94. The largest absolute Gasteiger partial charge is 0.508 e. The monoisotopic (exact) mass is 839 g/mol. The highest BCUT2D eigenvalue weighted by Crippen LogP contribution is 2.66. The van der Waals surface area contributed by atoms with Gasteiger partial charge < -0.3 is 60.4 Å². The first-order valence-corrected chi connectivity index (χ1v) is 20.3. The summed E-state index contributed by atoms with van der Waals surface area (Å²) in [7, 11) is 0. The molecule has 2 fully saturated rings. The molecule has 4 aliphatic rings. The lowest BCUT2D eigenvalue weighted by Crippen LogP contribution is -2.67. The third-order valence-electron chi connectivity index (χ3n) is 13.0. The molecule has 61 heavy (non-hydrogen) atoms. The number of fused-ring (bicyclic) bond motifs is 3. The number of benzene rings is 3. The van der Waals surface area contributed by atoms with E-state index in [1.165, 1.54) is 30.6 Å². The number of hydrogen-bond acceptors (Lipinski definition) is 13. The van der Waals surface area contributed by atoms with E-state index in [1.807, 2.05) is 30.3 Å². The summed E-state index contributed by atoms with van der Waals surface area (Å²) in [4.78, 5) is 37.2. The van der Waals surface area contributed by atoms with Gasteiger partial charge in [0.2, 0.25) is 0 Å². The lowest BCUT2D eigenvalue weighted by Gasteiger charge is -2.47. The fourth-order valence-electron chi connectivity index (χ4n) is 10.2. The van der Waals surface area contributed by atoms with E-state index in [-0.39, 0.29) is 30.0 Å². The Hall–Kier alpha value is -5.59. The minimum atomic E-state index is -3.14. The minimum Gasteiger partial charge on any atom is -0.508 e. The molecule has 0 bridgehead atoms. The topological polar surface area (TPSA) is 267 Å². The van der Waals surface area contributed by atoms with Gasteiger partial charge in [-0.3, -0.25) is 9.69 Å². The molecule has 2 aliphatic heterocycles. The molecule has 322 valence electrons. The van der Waals surface area contributed by atoms with E-state index in [1.54, 1.807) is 24.4 Å². The summed E-state index contributed by atoms with van der Waals surface area (Å²) in [6, 6.07) is 16.9. The second-order valence-electron chi connectivity index (χ2n) is 16.4. The van der Waals surface area contributed by atoms with Crippen LogP contribution in [0.15, 0.2) is 90.9 Å². The Labute approximate surface area is 350 Å². The number of aromatic amines is 1. The molecule has 1 amide bonds. The van der Waals surface area contributed by atoms with Gasteiger partial charge in [0.25, 0.3) is 5.91 Å². The van der Waals surface area contributed by atoms with Crippen LogP contribution in [0.25, 0.3) is 6.08 Å². The molecular formula is C45H49N3O13. The number of ether oxygens (including phenoxy) is 2. The maximum Gasteiger partial charge on any atom is 0.355 e. The molecule has 16 nitrogen and oxygen atoms in total. The number of aliphatic carboxylic acids is 1. The second kappa shape index (κ2) is 16.4. The smallest absolute Gasteiger partial charge is 0.355 e. The molecular weight excluding hydrogens is 791 g/mol. The summed E-state index contributed by atoms with van der Waals surface area (Å²) < 4.78 is 11.0. The summed E-state index contributed by atoms with van der Waals surface area (Å²) >= 11 is 0. The SMILES string of the molecule is O=C(C=Cc1ccc(O)c(Cc2cnc[nH]2)c1)N1c2cc(OC3(O)OC(CO)C(O)C(O)C3O)c(O)cc2C2C(C3(c4ccccc4)CCCCC3)C(CCO)=CC21C(=O)O. The number of carbonyl (C=O) groups excluding carboxylic acids is 1. The number of nitrogens with zero attached hydrogens (tertiary/aromatic N) is 2. The molecule has 0 radical (unpaired) electrons. The maximum absolute atomic E-state index is 14.9. The highest BCUT2D eigenvalue weighted by molar-refractivity contribution is 6.13. The molecule has 3 heterocycles. The van der Waals surface area contributed by atoms with Crippen LogP contribution in [0.3, 0.4) is 0 Å². The van der Waals surface area contributed by atoms with Crippen molar-refractivity contribution < 1.29 is 65.0 Å². The maximum atomic E-state index is 14.9. The number of aliphatic hydroxyl groups is 6. The predicted octanol–water partition coefficient (Wildman–Crippen LogP) is 2.72. The number of hydrogen-bond donors (Lipinski definition) is 10. The fourth-order valence-corrected chi connectivity index (χ4v) is 10.2. The predicted molar refractivity (Wildman–Crippen MR) is 217 cm³/mol. The molecule has 1 saturated carbocycles. The zero-order valence-corrected chi connectivity index (χ0v) is 33.0. The molecule has 10 N–H and O–H groups in total. The number of rotatable bonds is 12. The Balaban J connectivity index is 1.29. The molecule has 16 heteroatoms. The molecule has 1 saturated heterocycles. The molecule has 8 unspecified atom stereocenters. The van der Waals surface area contributed by atoms with Crippen LogP contribution < -0.4 is 9.64 Å². The molecule has 8 atom stereocenters. The number of amides is 1. The van der Waals surface area contributed by atoms with Gasteiger partial charge in [0.05, 0.1) is 18.6 Å². The highest BCUT2D eigenvalue weighted by atomic mass is 16.8. The lowest BCUT2D eigenvalue weighted by molar-refractivity contribution is -0.422. The Morgan fingerprint density at radius 1 is 0.951 bits per heavy atom. The molecule has 8 rings (SSSR count). The van der Waals surface area contributed by atoms with Gasteiger partial charge in [0.15, 0.2) is 23.1 Å². The van der Waals surface area contributed by atoms with Crippen LogP contribution in [-0.4, -0.2) is 117 Å². The standard InChI is InChI=1S/C45H49N3O13/c49-16-13-26-21-44(42(57)58)38(37(26)43(14-5-2-6-15-43)28-7-3-1-4-8-28)30-19-33(52)34(60-45(59)41(56)40(55)39(54)35(23-50)61-45)20-31(30)48(44)36(53)12-10-25-9-11-32(51)27(17-25)18-29-22-46-24-47-29/h1,3-4,7-12,17,19-22,24,35,37-41,49-52,54-56,59H,2,5-6,13-16,18,23H2,(H,46,47)(H,57,58). The summed E-state index contributed by atoms with van der Waals surface area (Å²) in [5, 5.41) is 97.2. The third-order valence-corrected chi connectivity index (χ3v) is 13.0. The van der Waals surface area contributed by atoms with Crippen molar-refractivity contribution in [1.82, 2.24) is 9.97 Å². The number of H-pyrrole nitrogens is 1. The molecule has 2 aliphatic carbocycles. The van der Waals surface area contributed by atoms with E-state index < -0.39 is 83.2 Å². The number of carbonyl (C=O) groups is 2. The van der Waals surface area contributed by atoms with Gasteiger partial charge in [-0.1, -0.05) is 61.2 Å². The average molecular weight is 840 g/mol. The van der Waals surface area contributed by atoms with Crippen molar-refractivity contribution in [3.05, 3.63) is 119 Å². The normalized spacial score (nSPS) is 29.3. The minimum absolute atomic E-state index is 0.0150. The van der Waals surface area contributed by atoms with Crippen molar-refractivity contribution in [3.63, 3.8) is 0 Å². The zero-order valence-electron chi connectivity index (χ0n) is 33.0. The number of phenolic OH excluding ortho intramolecular Hbond substituents is 2. The summed E-state index contributed by atoms with van der Waals surface area (Å²) in [6.45, 7) is -1.20. The average Bonchev–Trinajstić information content (AvgIpc) is 3.96. The van der Waals surface area contributed by atoms with E-state index >= 15 is 0 Å². The van der Waals surface area contributed by atoms with Crippen molar-refractivity contribution in [2.75, 3.05) is 18.1 Å². The number of aromatic hydroxyl groups is 2. The van der Waals surface area contributed by atoms with Gasteiger partial charge >= 0.3 is 11.9 Å². The van der Waals surface area contributed by atoms with Crippen LogP contribution in [0, 0.1) is 5.92 Å². The summed E-state index contributed by atoms with van der Waals surface area (Å²) in [5.41, 5.74) is 0.863. The Morgan fingerprint density at radius 2 is 1.70 bits per heavy atom. The lowest BCUT2D eigenvalue weighted by atomic mass is 9.56. The number of nitrogens with one attached hydrogen (secondary N) is 1. The quantitative estimate of drug-likeness (QED) is 0.0559. The molecule has 1 aromatic heterocycles. The van der Waals surface area contributed by atoms with E-state index in [4.69, 9.17) is 9.47 Å². The van der Waals surface area contributed by atoms with Crippen molar-refractivity contribution in [2.24, 2.45) is 5.92 Å². The van der Waals surface area contributed by atoms with E-state index in [9.17, 15) is 55.5 Å². The first-order chi connectivity index (χ1) is 29.3. The van der Waals surface area contributed by atoms with Gasteiger partial charge in [-0.05, 0) is 72.2 Å². The fraction of sp³-hybridized carbons (Fsp3) is 0.400. The van der Waals surface area contributed by atoms with Crippen LogP contribution in [0.2, 0.25) is 0 Å². The van der Waals surface area contributed by atoms with E-state index in [0.29, 0.717) is 36.0 Å². The molecule has 3 aromatic carbocycles. The van der Waals surface area contributed by atoms with Gasteiger partial charge in [-0.25, -0.2) is 9.78 Å². The molecule has 4 aromatic rings. The van der Waals surface area contributed by atoms with Crippen LogP contribution in [0.1, 0.15) is 72.4 Å². The highest BCUT2D eigenvalue weighted by Gasteiger charge is 2.67. The number of phenols is 2. The number of carboxylic acid groups (broad SMARTS) is 1. The Kier molecular flexibility index (Phi) is 11.3. The number of aliphatic hydroxyl groups excluding tert-OH is 5.